The number of ketones is 1. The molecule has 1 atom stereocenters. The average Bonchev–Trinajstić information content (AvgIpc) is 3.47. The normalized spacial score (nSPS) is 17.1. The van der Waals surface area contributed by atoms with Crippen LogP contribution in [0.5, 0.6) is 11.5 Å². The van der Waals surface area contributed by atoms with Crippen molar-refractivity contribution in [3.63, 3.8) is 0 Å². The molecule has 0 saturated carbocycles. The van der Waals surface area contributed by atoms with Crippen LogP contribution >= 0.6 is 15.9 Å². The molecule has 2 heterocycles. The van der Waals surface area contributed by atoms with Gasteiger partial charge in [0.25, 0.3) is 11.7 Å². The highest BCUT2D eigenvalue weighted by Gasteiger charge is 2.46. The molecule has 1 aliphatic heterocycles. The number of halogens is 1. The molecule has 1 N–H and O–H groups in total. The van der Waals surface area contributed by atoms with Crippen molar-refractivity contribution in [2.75, 3.05) is 13.7 Å². The van der Waals surface area contributed by atoms with Crippen molar-refractivity contribution in [2.45, 2.75) is 32.4 Å². The Morgan fingerprint density at radius 3 is 2.54 bits per heavy atom. The molecule has 0 spiro atoms. The van der Waals surface area contributed by atoms with Crippen molar-refractivity contribution in [1.29, 1.82) is 0 Å². The summed E-state index contributed by atoms with van der Waals surface area (Å²) in [5, 5.41) is 11.2. The first-order chi connectivity index (χ1) is 16.9. The lowest BCUT2D eigenvalue weighted by atomic mass is 9.95. The minimum absolute atomic E-state index is 0.00517. The number of likely N-dealkylation sites (tertiary alicyclic amines) is 1. The lowest BCUT2D eigenvalue weighted by Gasteiger charge is -2.25. The zero-order chi connectivity index (χ0) is 24.9. The standard InChI is InChI=1S/C27H26BrNO6/c1-3-4-13-35-21-12-9-18(15-22(21)33-2)24-23(25(30)17-7-10-19(28)11-8-17)26(31)27(32)29(24)16-20-6-5-14-34-20/h5-12,14-15,24,30H,3-4,13,16H2,1-2H3/b25-23+. The van der Waals surface area contributed by atoms with Crippen LogP contribution in [-0.2, 0) is 16.1 Å². The summed E-state index contributed by atoms with van der Waals surface area (Å²) in [6.45, 7) is 2.69. The van der Waals surface area contributed by atoms with E-state index < -0.39 is 17.7 Å². The van der Waals surface area contributed by atoms with Crippen molar-refractivity contribution in [2.24, 2.45) is 0 Å². The number of carbonyl (C=O) groups is 2. The van der Waals surface area contributed by atoms with Crippen LogP contribution in [0.2, 0.25) is 0 Å². The van der Waals surface area contributed by atoms with Gasteiger partial charge in [-0.1, -0.05) is 47.5 Å². The highest BCUT2D eigenvalue weighted by atomic mass is 79.9. The van der Waals surface area contributed by atoms with Gasteiger partial charge in [0, 0.05) is 10.0 Å². The van der Waals surface area contributed by atoms with Crippen LogP contribution in [0.15, 0.2) is 75.3 Å². The third kappa shape index (κ3) is 5.12. The van der Waals surface area contributed by atoms with E-state index in [2.05, 4.69) is 22.9 Å². The van der Waals surface area contributed by atoms with Gasteiger partial charge in [-0.15, -0.1) is 0 Å². The molecule has 35 heavy (non-hydrogen) atoms. The Bertz CT molecular complexity index is 1230. The molecular formula is C27H26BrNO6. The number of ether oxygens (including phenoxy) is 2. The zero-order valence-corrected chi connectivity index (χ0v) is 21.1. The second-order valence-electron chi connectivity index (χ2n) is 8.13. The average molecular weight is 540 g/mol. The molecule has 7 nitrogen and oxygen atoms in total. The summed E-state index contributed by atoms with van der Waals surface area (Å²) >= 11 is 3.37. The first-order valence-corrected chi connectivity index (χ1v) is 12.1. The van der Waals surface area contributed by atoms with Crippen LogP contribution < -0.4 is 9.47 Å². The fraction of sp³-hybridized carbons (Fsp3) is 0.259. The van der Waals surface area contributed by atoms with E-state index in [1.54, 1.807) is 54.6 Å². The number of furan rings is 1. The van der Waals surface area contributed by atoms with Gasteiger partial charge in [0.2, 0.25) is 0 Å². The molecule has 2 aromatic carbocycles. The molecule has 1 aromatic heterocycles. The maximum atomic E-state index is 13.2. The number of amides is 1. The predicted molar refractivity (Wildman–Crippen MR) is 134 cm³/mol. The van der Waals surface area contributed by atoms with Crippen LogP contribution in [0, 0.1) is 0 Å². The summed E-state index contributed by atoms with van der Waals surface area (Å²) in [4.78, 5) is 27.7. The number of aliphatic hydroxyl groups is 1. The van der Waals surface area contributed by atoms with E-state index >= 15 is 0 Å². The fourth-order valence-corrected chi connectivity index (χ4v) is 4.29. The highest BCUT2D eigenvalue weighted by molar-refractivity contribution is 9.10. The van der Waals surface area contributed by atoms with E-state index in [0.29, 0.717) is 35.0 Å². The van der Waals surface area contributed by atoms with Gasteiger partial charge >= 0.3 is 0 Å². The van der Waals surface area contributed by atoms with Crippen molar-refractivity contribution in [3.8, 4) is 11.5 Å². The van der Waals surface area contributed by atoms with Crippen molar-refractivity contribution in [3.05, 3.63) is 87.8 Å². The van der Waals surface area contributed by atoms with E-state index in [9.17, 15) is 14.7 Å². The summed E-state index contributed by atoms with van der Waals surface area (Å²) in [7, 11) is 1.54. The van der Waals surface area contributed by atoms with E-state index in [0.717, 1.165) is 17.3 Å². The lowest BCUT2D eigenvalue weighted by molar-refractivity contribution is -0.140. The fourth-order valence-electron chi connectivity index (χ4n) is 4.02. The van der Waals surface area contributed by atoms with Crippen molar-refractivity contribution < 1.29 is 28.6 Å². The number of aliphatic hydroxyl groups excluding tert-OH is 1. The highest BCUT2D eigenvalue weighted by Crippen LogP contribution is 2.42. The molecular weight excluding hydrogens is 514 g/mol. The number of Topliss-reactive ketones (excluding diaryl/α,β-unsaturated/α-hetero) is 1. The number of nitrogens with zero attached hydrogens (tertiary/aromatic N) is 1. The Labute approximate surface area is 212 Å². The van der Waals surface area contributed by atoms with Crippen molar-refractivity contribution >= 4 is 33.4 Å². The molecule has 1 unspecified atom stereocenters. The minimum Gasteiger partial charge on any atom is -0.507 e. The third-order valence-electron chi connectivity index (χ3n) is 5.82. The molecule has 0 bridgehead atoms. The van der Waals surface area contributed by atoms with E-state index in [1.807, 2.05) is 0 Å². The predicted octanol–water partition coefficient (Wildman–Crippen LogP) is 5.85. The molecule has 1 aliphatic rings. The Hall–Kier alpha value is -3.52. The van der Waals surface area contributed by atoms with Crippen LogP contribution in [0.1, 0.15) is 42.7 Å². The number of methoxy groups -OCH3 is 1. The van der Waals surface area contributed by atoms with Crippen molar-refractivity contribution in [1.82, 2.24) is 4.90 Å². The van der Waals surface area contributed by atoms with Gasteiger partial charge < -0.3 is 23.9 Å². The Balaban J connectivity index is 1.82. The SMILES string of the molecule is CCCCOc1ccc(C2/C(=C(\O)c3ccc(Br)cc3)C(=O)C(=O)N2Cc2ccco2)cc1OC. The molecule has 1 saturated heterocycles. The second-order valence-corrected chi connectivity index (χ2v) is 9.04. The maximum Gasteiger partial charge on any atom is 0.296 e. The summed E-state index contributed by atoms with van der Waals surface area (Å²) < 4.78 is 17.7. The Morgan fingerprint density at radius 1 is 1.11 bits per heavy atom. The number of hydrogen-bond acceptors (Lipinski definition) is 6. The van der Waals surface area contributed by atoms with Gasteiger partial charge in [-0.2, -0.15) is 0 Å². The first-order valence-electron chi connectivity index (χ1n) is 11.3. The van der Waals surface area contributed by atoms with E-state index in [4.69, 9.17) is 13.9 Å². The van der Waals surface area contributed by atoms with Gasteiger partial charge in [-0.3, -0.25) is 9.59 Å². The molecule has 8 heteroatoms. The lowest BCUT2D eigenvalue weighted by Crippen LogP contribution is -2.29. The Morgan fingerprint density at radius 2 is 1.89 bits per heavy atom. The Kier molecular flexibility index (Phi) is 7.60. The molecule has 0 aliphatic carbocycles. The smallest absolute Gasteiger partial charge is 0.296 e. The third-order valence-corrected chi connectivity index (χ3v) is 6.35. The summed E-state index contributed by atoms with van der Waals surface area (Å²) in [6.07, 6.45) is 3.41. The van der Waals surface area contributed by atoms with Crippen LogP contribution in [0.25, 0.3) is 5.76 Å². The van der Waals surface area contributed by atoms with Gasteiger partial charge in [-0.05, 0) is 48.4 Å². The summed E-state index contributed by atoms with van der Waals surface area (Å²) in [6, 6.07) is 14.8. The summed E-state index contributed by atoms with van der Waals surface area (Å²) in [5.74, 6) is -0.153. The van der Waals surface area contributed by atoms with Gasteiger partial charge in [0.1, 0.15) is 11.5 Å². The van der Waals surface area contributed by atoms with Crippen LogP contribution in [-0.4, -0.2) is 35.4 Å². The first kappa shape index (κ1) is 24.6. The second kappa shape index (κ2) is 10.8. The number of rotatable bonds is 9. The van der Waals surface area contributed by atoms with Crippen LogP contribution in [0.4, 0.5) is 0 Å². The largest absolute Gasteiger partial charge is 0.507 e. The van der Waals surface area contributed by atoms with Crippen LogP contribution in [0.3, 0.4) is 0 Å². The number of benzene rings is 2. The summed E-state index contributed by atoms with van der Waals surface area (Å²) in [5.41, 5.74) is 1.04. The quantitative estimate of drug-likeness (QED) is 0.159. The van der Waals surface area contributed by atoms with Gasteiger partial charge in [0.05, 0.1) is 38.1 Å². The maximum absolute atomic E-state index is 13.2. The van der Waals surface area contributed by atoms with E-state index in [-0.39, 0.29) is 17.9 Å². The van der Waals surface area contributed by atoms with E-state index in [1.165, 1.54) is 18.3 Å². The molecule has 1 amide bonds. The number of carbonyl (C=O) groups excluding carboxylic acids is 2. The van der Waals surface area contributed by atoms with Gasteiger partial charge in [0.15, 0.2) is 11.5 Å². The number of hydrogen-bond donors (Lipinski definition) is 1. The molecule has 1 fully saturated rings. The molecule has 4 rings (SSSR count). The molecule has 182 valence electrons. The van der Waals surface area contributed by atoms with Gasteiger partial charge in [-0.25, -0.2) is 0 Å². The molecule has 3 aromatic rings. The monoisotopic (exact) mass is 539 g/mol. The topological polar surface area (TPSA) is 89.2 Å². The zero-order valence-electron chi connectivity index (χ0n) is 19.5. The number of unbranched alkanes of at least 4 members (excludes halogenated alkanes) is 1. The minimum atomic E-state index is -0.845. The molecule has 0 radical (unpaired) electrons.